The fraction of sp³-hybridized carbons (Fsp3) is 0.125. The van der Waals surface area contributed by atoms with Crippen LogP contribution in [0, 0.1) is 0 Å². The smallest absolute Gasteiger partial charge is 0.231 e. The van der Waals surface area contributed by atoms with Crippen LogP contribution in [0.3, 0.4) is 0 Å². The van der Waals surface area contributed by atoms with E-state index < -0.39 is 0 Å². The summed E-state index contributed by atoms with van der Waals surface area (Å²) in [5.41, 5.74) is 4.60. The normalized spacial score (nSPS) is 12.9. The molecule has 0 fully saturated rings. The van der Waals surface area contributed by atoms with Crippen molar-refractivity contribution in [2.45, 2.75) is 0 Å². The molecule has 0 saturated carbocycles. The first-order chi connectivity index (χ1) is 11.8. The first-order valence-corrected chi connectivity index (χ1v) is 7.39. The average Bonchev–Trinajstić information content (AvgIpc) is 3.32. The van der Waals surface area contributed by atoms with E-state index in [2.05, 4.69) is 20.3 Å². The molecule has 3 aromatic heterocycles. The Morgan fingerprint density at radius 3 is 2.96 bits per heavy atom. The number of aromatic nitrogens is 6. The third kappa shape index (κ3) is 1.86. The Bertz CT molecular complexity index is 1070. The number of nitrogens with zero attached hydrogens (tertiary/aromatic N) is 5. The van der Waals surface area contributed by atoms with Crippen LogP contribution in [0.1, 0.15) is 0 Å². The summed E-state index contributed by atoms with van der Waals surface area (Å²) in [4.78, 5) is 9.11. The molecular weight excluding hydrogens is 308 g/mol. The zero-order chi connectivity index (χ0) is 16.1. The molecule has 24 heavy (non-hydrogen) atoms. The average molecular weight is 320 g/mol. The van der Waals surface area contributed by atoms with Crippen LogP contribution >= 0.6 is 0 Å². The van der Waals surface area contributed by atoms with Crippen LogP contribution in [0.25, 0.3) is 33.8 Å². The predicted octanol–water partition coefficient (Wildman–Crippen LogP) is 2.15. The number of benzene rings is 1. The third-order valence-electron chi connectivity index (χ3n) is 4.01. The second kappa shape index (κ2) is 4.79. The summed E-state index contributed by atoms with van der Waals surface area (Å²) < 4.78 is 12.6. The van der Waals surface area contributed by atoms with Crippen molar-refractivity contribution >= 4 is 11.2 Å². The van der Waals surface area contributed by atoms with Crippen molar-refractivity contribution in [1.82, 2.24) is 29.9 Å². The predicted molar refractivity (Wildman–Crippen MR) is 85.4 cm³/mol. The van der Waals surface area contributed by atoms with E-state index in [0.29, 0.717) is 16.9 Å². The zero-order valence-electron chi connectivity index (χ0n) is 12.7. The van der Waals surface area contributed by atoms with Gasteiger partial charge in [0.15, 0.2) is 17.1 Å². The number of ether oxygens (including phenoxy) is 2. The highest BCUT2D eigenvalue weighted by molar-refractivity contribution is 5.89. The van der Waals surface area contributed by atoms with E-state index in [1.54, 1.807) is 17.1 Å². The van der Waals surface area contributed by atoms with Gasteiger partial charge in [-0.1, -0.05) is 0 Å². The van der Waals surface area contributed by atoms with E-state index in [9.17, 15) is 0 Å². The molecule has 0 atom stereocenters. The van der Waals surface area contributed by atoms with Gasteiger partial charge in [0.25, 0.3) is 0 Å². The van der Waals surface area contributed by atoms with Crippen molar-refractivity contribution in [3.63, 3.8) is 0 Å². The summed E-state index contributed by atoms with van der Waals surface area (Å²) in [5.74, 6) is 1.45. The number of hydrogen-bond donors (Lipinski definition) is 1. The summed E-state index contributed by atoms with van der Waals surface area (Å²) in [7, 11) is 1.87. The quantitative estimate of drug-likeness (QED) is 0.608. The van der Waals surface area contributed by atoms with Crippen molar-refractivity contribution in [3.05, 3.63) is 36.7 Å². The fourth-order valence-electron chi connectivity index (χ4n) is 2.80. The lowest BCUT2D eigenvalue weighted by Crippen LogP contribution is -1.96. The lowest BCUT2D eigenvalue weighted by Gasteiger charge is -2.03. The number of aromatic amines is 1. The molecular formula is C16H12N6O2. The van der Waals surface area contributed by atoms with E-state index in [4.69, 9.17) is 14.5 Å². The minimum Gasteiger partial charge on any atom is -0.454 e. The number of aryl methyl sites for hydroxylation is 1. The molecule has 1 N–H and O–H groups in total. The van der Waals surface area contributed by atoms with Gasteiger partial charge in [0.2, 0.25) is 6.79 Å². The van der Waals surface area contributed by atoms with E-state index in [1.165, 1.54) is 0 Å². The summed E-state index contributed by atoms with van der Waals surface area (Å²) in [6.07, 6.45) is 3.43. The van der Waals surface area contributed by atoms with Gasteiger partial charge < -0.3 is 9.47 Å². The second-order valence-corrected chi connectivity index (χ2v) is 5.43. The molecule has 1 aliphatic rings. The molecule has 0 aliphatic carbocycles. The number of H-pyrrole nitrogens is 1. The van der Waals surface area contributed by atoms with Gasteiger partial charge in [-0.25, -0.2) is 9.97 Å². The van der Waals surface area contributed by atoms with Crippen LogP contribution in [0.2, 0.25) is 0 Å². The summed E-state index contributed by atoms with van der Waals surface area (Å²) in [6.45, 7) is 0.243. The van der Waals surface area contributed by atoms with Gasteiger partial charge in [-0.05, 0) is 24.3 Å². The fourth-order valence-corrected chi connectivity index (χ4v) is 2.80. The van der Waals surface area contributed by atoms with E-state index in [-0.39, 0.29) is 6.79 Å². The summed E-state index contributed by atoms with van der Waals surface area (Å²) >= 11 is 0. The highest BCUT2D eigenvalue weighted by Gasteiger charge is 2.18. The number of hydrogen-bond acceptors (Lipinski definition) is 6. The van der Waals surface area contributed by atoms with Gasteiger partial charge in [0, 0.05) is 18.8 Å². The van der Waals surface area contributed by atoms with Crippen LogP contribution in [0.15, 0.2) is 36.7 Å². The molecule has 8 nitrogen and oxygen atoms in total. The molecule has 4 heterocycles. The van der Waals surface area contributed by atoms with Gasteiger partial charge in [-0.15, -0.1) is 0 Å². The topological polar surface area (TPSA) is 90.7 Å². The van der Waals surface area contributed by atoms with Crippen molar-refractivity contribution in [2.75, 3.05) is 6.79 Å². The number of nitrogens with one attached hydrogen (secondary N) is 1. The van der Waals surface area contributed by atoms with Crippen LogP contribution in [-0.2, 0) is 7.05 Å². The molecule has 5 rings (SSSR count). The van der Waals surface area contributed by atoms with Crippen LogP contribution in [0.4, 0.5) is 0 Å². The highest BCUT2D eigenvalue weighted by atomic mass is 16.7. The Balaban J connectivity index is 1.68. The monoisotopic (exact) mass is 320 g/mol. The van der Waals surface area contributed by atoms with E-state index >= 15 is 0 Å². The standard InChI is InChI=1S/C16H12N6O2/c1-22-11(4-5-18-22)10-7-17-16-15(19-10)14(20-21-16)9-2-3-12-13(6-9)24-8-23-12/h2-7H,8H2,1H3,(H,17,20,21). The zero-order valence-corrected chi connectivity index (χ0v) is 12.7. The largest absolute Gasteiger partial charge is 0.454 e. The minimum absolute atomic E-state index is 0.243. The Kier molecular flexibility index (Phi) is 2.60. The molecule has 118 valence electrons. The molecule has 0 radical (unpaired) electrons. The lowest BCUT2D eigenvalue weighted by atomic mass is 10.1. The third-order valence-corrected chi connectivity index (χ3v) is 4.01. The van der Waals surface area contributed by atoms with Crippen molar-refractivity contribution in [1.29, 1.82) is 0 Å². The second-order valence-electron chi connectivity index (χ2n) is 5.43. The Morgan fingerprint density at radius 2 is 2.08 bits per heavy atom. The summed E-state index contributed by atoms with van der Waals surface area (Å²) in [5, 5.41) is 11.4. The molecule has 0 spiro atoms. The molecule has 1 aliphatic heterocycles. The number of fused-ring (bicyclic) bond motifs is 2. The van der Waals surface area contributed by atoms with E-state index in [0.717, 1.165) is 28.4 Å². The first-order valence-electron chi connectivity index (χ1n) is 7.39. The molecule has 8 heteroatoms. The molecule has 1 aromatic carbocycles. The van der Waals surface area contributed by atoms with E-state index in [1.807, 2.05) is 31.3 Å². The Labute approximate surface area is 136 Å². The van der Waals surface area contributed by atoms with Gasteiger partial charge in [0.1, 0.15) is 11.2 Å². The number of rotatable bonds is 2. The van der Waals surface area contributed by atoms with Gasteiger partial charge in [0.05, 0.1) is 17.6 Å². The summed E-state index contributed by atoms with van der Waals surface area (Å²) in [6, 6.07) is 7.63. The maximum absolute atomic E-state index is 5.44. The Morgan fingerprint density at radius 1 is 1.17 bits per heavy atom. The van der Waals surface area contributed by atoms with Crippen LogP contribution in [0.5, 0.6) is 11.5 Å². The van der Waals surface area contributed by atoms with Gasteiger partial charge in [-0.3, -0.25) is 9.78 Å². The van der Waals surface area contributed by atoms with Gasteiger partial charge >= 0.3 is 0 Å². The van der Waals surface area contributed by atoms with Crippen molar-refractivity contribution in [2.24, 2.45) is 7.05 Å². The molecule has 0 unspecified atom stereocenters. The maximum Gasteiger partial charge on any atom is 0.231 e. The molecule has 4 aromatic rings. The molecule has 0 saturated heterocycles. The van der Waals surface area contributed by atoms with Crippen LogP contribution < -0.4 is 9.47 Å². The van der Waals surface area contributed by atoms with Gasteiger partial charge in [-0.2, -0.15) is 10.2 Å². The minimum atomic E-state index is 0.243. The SMILES string of the molecule is Cn1nccc1-c1cnc2n[nH]c(-c3ccc4c(c3)OCO4)c2n1. The Hall–Kier alpha value is -3.42. The van der Waals surface area contributed by atoms with Crippen LogP contribution in [-0.4, -0.2) is 36.7 Å². The molecule has 0 amide bonds. The first kappa shape index (κ1) is 13.1. The highest BCUT2D eigenvalue weighted by Crippen LogP contribution is 2.36. The van der Waals surface area contributed by atoms with Crippen molar-refractivity contribution in [3.8, 4) is 34.1 Å². The lowest BCUT2D eigenvalue weighted by molar-refractivity contribution is 0.174. The maximum atomic E-state index is 5.44. The van der Waals surface area contributed by atoms with Crippen molar-refractivity contribution < 1.29 is 9.47 Å². The molecule has 0 bridgehead atoms.